The monoisotopic (exact) mass is 566 g/mol. The summed E-state index contributed by atoms with van der Waals surface area (Å²) in [5, 5.41) is 7.78. The first kappa shape index (κ1) is 31.6. The Hall–Kier alpha value is -2.97. The van der Waals surface area contributed by atoms with E-state index in [4.69, 9.17) is 4.74 Å². The number of rotatable bonds is 10. The summed E-state index contributed by atoms with van der Waals surface area (Å²) < 4.78 is 7.29. The van der Waals surface area contributed by atoms with Crippen LogP contribution in [0, 0.1) is 18.3 Å². The molecule has 1 aromatic carbocycles. The van der Waals surface area contributed by atoms with Crippen molar-refractivity contribution in [3.05, 3.63) is 59.2 Å². The number of amides is 2. The Bertz CT molecular complexity index is 1250. The summed E-state index contributed by atoms with van der Waals surface area (Å²) in [5.41, 5.74) is 3.98. The maximum absolute atomic E-state index is 12.2. The third kappa shape index (κ3) is 9.30. The fourth-order valence-corrected chi connectivity index (χ4v) is 5.31. The van der Waals surface area contributed by atoms with E-state index in [0.29, 0.717) is 16.1 Å². The van der Waals surface area contributed by atoms with E-state index < -0.39 is 0 Å². The lowest BCUT2D eigenvalue weighted by Crippen LogP contribution is -2.42. The number of hydrogen-bond acceptors (Lipinski definition) is 5. The van der Waals surface area contributed by atoms with Crippen LogP contribution in [0.3, 0.4) is 0 Å². The Morgan fingerprint density at radius 3 is 2.50 bits per heavy atom. The van der Waals surface area contributed by atoms with Gasteiger partial charge in [0.1, 0.15) is 0 Å². The highest BCUT2D eigenvalue weighted by atomic mass is 32.1. The van der Waals surface area contributed by atoms with E-state index in [1.807, 2.05) is 47.3 Å². The van der Waals surface area contributed by atoms with Gasteiger partial charge in [-0.15, -0.1) is 11.3 Å². The molecule has 2 aromatic heterocycles. The van der Waals surface area contributed by atoms with Crippen LogP contribution in [0.25, 0.3) is 11.3 Å². The third-order valence-electron chi connectivity index (χ3n) is 7.05. The zero-order valence-corrected chi connectivity index (χ0v) is 26.0. The van der Waals surface area contributed by atoms with Gasteiger partial charge in [-0.05, 0) is 58.6 Å². The number of nitrogens with one attached hydrogen (secondary N) is 2. The van der Waals surface area contributed by atoms with Crippen molar-refractivity contribution in [3.8, 4) is 11.3 Å². The van der Waals surface area contributed by atoms with Crippen LogP contribution in [-0.2, 0) is 15.1 Å². The molecule has 0 saturated carbocycles. The molecule has 40 heavy (non-hydrogen) atoms. The second kappa shape index (κ2) is 14.1. The first-order valence-electron chi connectivity index (χ1n) is 14.3. The highest BCUT2D eigenvalue weighted by Crippen LogP contribution is 2.38. The van der Waals surface area contributed by atoms with Crippen LogP contribution in [0.15, 0.2) is 48.1 Å². The van der Waals surface area contributed by atoms with E-state index in [1.54, 1.807) is 12.3 Å². The molecule has 3 aromatic rings. The summed E-state index contributed by atoms with van der Waals surface area (Å²) in [6.45, 7) is 17.0. The molecule has 0 radical (unpaired) electrons. The van der Waals surface area contributed by atoms with Crippen LogP contribution in [0.2, 0.25) is 0 Å². The molecule has 218 valence electrons. The molecule has 1 aliphatic heterocycles. The van der Waals surface area contributed by atoms with Gasteiger partial charge in [0.25, 0.3) is 5.91 Å². The van der Waals surface area contributed by atoms with Crippen LogP contribution >= 0.6 is 11.3 Å². The van der Waals surface area contributed by atoms with Gasteiger partial charge >= 0.3 is 0 Å². The van der Waals surface area contributed by atoms with Crippen LogP contribution in [0.4, 0.5) is 5.13 Å². The highest BCUT2D eigenvalue weighted by Gasteiger charge is 2.36. The number of aryl methyl sites for hydroxylation is 1. The van der Waals surface area contributed by atoms with Gasteiger partial charge < -0.3 is 19.9 Å². The predicted octanol–water partition coefficient (Wildman–Crippen LogP) is 7.28. The molecule has 2 amide bonds. The molecule has 2 N–H and O–H groups in total. The van der Waals surface area contributed by atoms with Crippen molar-refractivity contribution in [1.29, 1.82) is 0 Å². The Morgan fingerprint density at radius 2 is 1.93 bits per heavy atom. The van der Waals surface area contributed by atoms with Crippen molar-refractivity contribution in [2.24, 2.45) is 11.3 Å². The summed E-state index contributed by atoms with van der Waals surface area (Å²) in [4.78, 5) is 28.8. The third-order valence-corrected chi connectivity index (χ3v) is 7.81. The number of carbonyl (C=O) groups is 2. The van der Waals surface area contributed by atoms with Crippen molar-refractivity contribution in [2.75, 3.05) is 25.1 Å². The minimum absolute atomic E-state index is 0.101. The zero-order valence-electron chi connectivity index (χ0n) is 25.2. The summed E-state index contributed by atoms with van der Waals surface area (Å²) in [6, 6.07) is 9.78. The number of ether oxygens (including phenoxy) is 1. The Labute approximate surface area is 243 Å². The van der Waals surface area contributed by atoms with E-state index in [-0.39, 0.29) is 23.9 Å². The van der Waals surface area contributed by atoms with Crippen LogP contribution < -0.4 is 10.6 Å². The molecule has 1 aliphatic rings. The van der Waals surface area contributed by atoms with E-state index in [2.05, 4.69) is 57.2 Å². The van der Waals surface area contributed by atoms with Gasteiger partial charge in [-0.2, -0.15) is 0 Å². The maximum Gasteiger partial charge on any atom is 0.253 e. The second-order valence-electron chi connectivity index (χ2n) is 12.3. The molecule has 0 atom stereocenters. The van der Waals surface area contributed by atoms with Gasteiger partial charge in [0.2, 0.25) is 5.91 Å². The topological polar surface area (TPSA) is 85.3 Å². The average molecular weight is 567 g/mol. The molecule has 7 nitrogen and oxygen atoms in total. The Balaban J connectivity index is 0.000000307. The quantitative estimate of drug-likeness (QED) is 0.270. The molecule has 0 aliphatic carbocycles. The SMILES string of the molecule is CCCC1(CCC(C)C)COC1.Cc1cccc(-c2csc(NC(=O)CNC(=O)c3ccn(C(C)(C)C)c3)n2)c1. The van der Waals surface area contributed by atoms with Gasteiger partial charge in [-0.1, -0.05) is 57.4 Å². The number of nitrogens with zero attached hydrogens (tertiary/aromatic N) is 2. The van der Waals surface area contributed by atoms with Crippen LogP contribution in [0.5, 0.6) is 0 Å². The summed E-state index contributed by atoms with van der Waals surface area (Å²) in [7, 11) is 0. The van der Waals surface area contributed by atoms with E-state index >= 15 is 0 Å². The van der Waals surface area contributed by atoms with E-state index in [1.165, 1.54) is 37.0 Å². The molecule has 4 rings (SSSR count). The van der Waals surface area contributed by atoms with Gasteiger partial charge in [-0.25, -0.2) is 4.98 Å². The molecular weight excluding hydrogens is 520 g/mol. The molecule has 1 fully saturated rings. The molecule has 8 heteroatoms. The summed E-state index contributed by atoms with van der Waals surface area (Å²) >= 11 is 1.36. The lowest BCUT2D eigenvalue weighted by atomic mass is 9.76. The Morgan fingerprint density at radius 1 is 1.18 bits per heavy atom. The molecule has 0 unspecified atom stereocenters. The molecule has 1 saturated heterocycles. The standard InChI is InChI=1S/C21H24N4O2S.C11H22O/c1-14-6-5-7-15(10-14)17-13-28-20(23-17)24-18(26)11-22-19(27)16-8-9-25(12-16)21(2,3)4;1-4-6-11(8-12-9-11)7-5-10(2)3/h5-10,12-13H,11H2,1-4H3,(H,22,27)(H,23,24,26);10H,4-9H2,1-3H3. The van der Waals surface area contributed by atoms with Gasteiger partial charge in [0.15, 0.2) is 5.13 Å². The average Bonchev–Trinajstić information content (AvgIpc) is 3.55. The largest absolute Gasteiger partial charge is 0.380 e. The van der Waals surface area contributed by atoms with E-state index in [9.17, 15) is 9.59 Å². The number of carbonyl (C=O) groups excluding carboxylic acids is 2. The highest BCUT2D eigenvalue weighted by molar-refractivity contribution is 7.14. The summed E-state index contributed by atoms with van der Waals surface area (Å²) in [5.74, 6) is 0.255. The van der Waals surface area contributed by atoms with Crippen molar-refractivity contribution in [3.63, 3.8) is 0 Å². The predicted molar refractivity (Wildman–Crippen MR) is 165 cm³/mol. The first-order chi connectivity index (χ1) is 18.9. The number of thiazole rings is 1. The van der Waals surface area contributed by atoms with Gasteiger partial charge in [-0.3, -0.25) is 9.59 Å². The number of anilines is 1. The van der Waals surface area contributed by atoms with Crippen LogP contribution in [-0.4, -0.2) is 41.1 Å². The molecule has 0 spiro atoms. The Kier molecular flexibility index (Phi) is 11.1. The second-order valence-corrected chi connectivity index (χ2v) is 13.1. The van der Waals surface area contributed by atoms with Crippen molar-refractivity contribution < 1.29 is 14.3 Å². The zero-order chi connectivity index (χ0) is 29.3. The number of benzene rings is 1. The first-order valence-corrected chi connectivity index (χ1v) is 15.2. The van der Waals surface area contributed by atoms with Crippen LogP contribution in [0.1, 0.15) is 83.1 Å². The molecular formula is C32H46N4O3S. The summed E-state index contributed by atoms with van der Waals surface area (Å²) in [6.07, 6.45) is 9.04. The lowest BCUT2D eigenvalue weighted by Gasteiger charge is -2.42. The van der Waals surface area contributed by atoms with Crippen molar-refractivity contribution in [2.45, 2.75) is 79.7 Å². The molecule has 0 bridgehead atoms. The smallest absolute Gasteiger partial charge is 0.253 e. The minimum Gasteiger partial charge on any atom is -0.380 e. The normalized spacial score (nSPS) is 14.2. The van der Waals surface area contributed by atoms with Crippen molar-refractivity contribution >= 4 is 28.3 Å². The van der Waals surface area contributed by atoms with Crippen molar-refractivity contribution in [1.82, 2.24) is 14.9 Å². The number of aromatic nitrogens is 2. The van der Waals surface area contributed by atoms with Gasteiger partial charge in [0.05, 0.1) is 31.0 Å². The maximum atomic E-state index is 12.2. The fraction of sp³-hybridized carbons (Fsp3) is 0.531. The van der Waals surface area contributed by atoms with E-state index in [0.717, 1.165) is 36.0 Å². The van der Waals surface area contributed by atoms with Gasteiger partial charge in [0, 0.05) is 34.3 Å². The minimum atomic E-state index is -0.311. The fourth-order valence-electron chi connectivity index (χ4n) is 4.57. The number of hydrogen-bond donors (Lipinski definition) is 2. The lowest BCUT2D eigenvalue weighted by molar-refractivity contribution is -0.124. The molecule has 3 heterocycles.